The van der Waals surface area contributed by atoms with Gasteiger partial charge < -0.3 is 24.1 Å². The van der Waals surface area contributed by atoms with Gasteiger partial charge in [-0.2, -0.15) is 0 Å². The summed E-state index contributed by atoms with van der Waals surface area (Å²) in [7, 11) is 4.62. The molecule has 1 aliphatic rings. The van der Waals surface area contributed by atoms with Crippen molar-refractivity contribution in [2.45, 2.75) is 0 Å². The van der Waals surface area contributed by atoms with Crippen molar-refractivity contribution in [1.29, 1.82) is 0 Å². The number of rotatable bonds is 5. The Morgan fingerprint density at radius 2 is 1.63 bits per heavy atom. The van der Waals surface area contributed by atoms with Crippen LogP contribution in [0.4, 0.5) is 0 Å². The fraction of sp³-hybridized carbons (Fsp3) is 0.150. The number of carbonyl (C=O) groups is 1. The monoisotopic (exact) mass is 480 g/mol. The molecule has 7 heteroatoms. The van der Waals surface area contributed by atoms with Crippen LogP contribution in [0, 0.1) is 3.57 Å². The summed E-state index contributed by atoms with van der Waals surface area (Å²) in [5.41, 5.74) is 1.35. The lowest BCUT2D eigenvalue weighted by molar-refractivity contribution is -0.131. The second-order valence-corrected chi connectivity index (χ2v) is 6.74. The zero-order valence-corrected chi connectivity index (χ0v) is 17.1. The normalized spacial score (nSPS) is 15.1. The van der Waals surface area contributed by atoms with Crippen LogP contribution >= 0.6 is 22.6 Å². The average Bonchev–Trinajstić information content (AvgIpc) is 2.95. The molecular formula is C20H17IO6. The topological polar surface area (TPSA) is 74.2 Å². The predicted molar refractivity (Wildman–Crippen MR) is 109 cm³/mol. The first-order chi connectivity index (χ1) is 13.0. The van der Waals surface area contributed by atoms with Gasteiger partial charge in [0, 0.05) is 9.13 Å². The number of aliphatic hydroxyl groups excluding tert-OH is 1. The molecule has 0 atom stereocenters. The zero-order valence-electron chi connectivity index (χ0n) is 14.9. The number of methoxy groups -OCH3 is 3. The Kier molecular flexibility index (Phi) is 5.59. The maximum absolute atomic E-state index is 12.4. The molecule has 140 valence electrons. The molecule has 27 heavy (non-hydrogen) atoms. The molecule has 0 fully saturated rings. The Labute approximate surface area is 170 Å². The van der Waals surface area contributed by atoms with Gasteiger partial charge in [0.15, 0.2) is 23.0 Å². The summed E-state index contributed by atoms with van der Waals surface area (Å²) in [4.78, 5) is 12.4. The van der Waals surface area contributed by atoms with E-state index in [1.165, 1.54) is 14.2 Å². The van der Waals surface area contributed by atoms with Crippen molar-refractivity contribution in [3.05, 3.63) is 62.6 Å². The largest absolute Gasteiger partial charge is 0.504 e. The first-order valence-corrected chi connectivity index (χ1v) is 8.99. The van der Waals surface area contributed by atoms with Crippen LogP contribution < -0.4 is 14.2 Å². The Bertz CT molecular complexity index is 944. The Morgan fingerprint density at radius 1 is 1.00 bits per heavy atom. The summed E-state index contributed by atoms with van der Waals surface area (Å²) in [6, 6.07) is 10.5. The van der Waals surface area contributed by atoms with Crippen LogP contribution in [0.1, 0.15) is 11.1 Å². The van der Waals surface area contributed by atoms with E-state index in [2.05, 4.69) is 22.6 Å². The highest BCUT2D eigenvalue weighted by Gasteiger charge is 2.33. The van der Waals surface area contributed by atoms with Crippen LogP contribution in [0.15, 0.2) is 47.9 Å². The Balaban J connectivity index is 2.05. The van der Waals surface area contributed by atoms with E-state index in [0.717, 1.165) is 9.13 Å². The predicted octanol–water partition coefficient (Wildman–Crippen LogP) is 4.18. The van der Waals surface area contributed by atoms with Crippen molar-refractivity contribution in [1.82, 2.24) is 0 Å². The molecule has 0 saturated carbocycles. The highest BCUT2D eigenvalue weighted by molar-refractivity contribution is 14.1. The highest BCUT2D eigenvalue weighted by atomic mass is 127. The molecule has 0 unspecified atom stereocenters. The number of ether oxygens (including phenoxy) is 4. The maximum Gasteiger partial charge on any atom is 0.348 e. The van der Waals surface area contributed by atoms with Crippen molar-refractivity contribution in [3.63, 3.8) is 0 Å². The number of benzene rings is 2. The van der Waals surface area contributed by atoms with Gasteiger partial charge in [-0.15, -0.1) is 0 Å². The second kappa shape index (κ2) is 7.91. The summed E-state index contributed by atoms with van der Waals surface area (Å²) in [6.07, 6.45) is 1.59. The summed E-state index contributed by atoms with van der Waals surface area (Å²) in [5.74, 6) is 0.935. The van der Waals surface area contributed by atoms with E-state index in [0.29, 0.717) is 22.8 Å². The van der Waals surface area contributed by atoms with Gasteiger partial charge in [0.25, 0.3) is 0 Å². The molecule has 0 radical (unpaired) electrons. The van der Waals surface area contributed by atoms with Crippen LogP contribution in [-0.4, -0.2) is 32.4 Å². The smallest absolute Gasteiger partial charge is 0.348 e. The zero-order chi connectivity index (χ0) is 19.6. The number of carbonyl (C=O) groups excluding carboxylic acids is 1. The van der Waals surface area contributed by atoms with Crippen molar-refractivity contribution >= 4 is 40.2 Å². The van der Waals surface area contributed by atoms with Crippen molar-refractivity contribution in [2.75, 3.05) is 21.3 Å². The van der Waals surface area contributed by atoms with Crippen LogP contribution in [0.5, 0.6) is 17.2 Å². The van der Waals surface area contributed by atoms with Crippen LogP contribution in [-0.2, 0) is 9.53 Å². The maximum atomic E-state index is 12.4. The number of cyclic esters (lactones) is 1. The average molecular weight is 480 g/mol. The molecule has 0 aliphatic carbocycles. The molecule has 0 spiro atoms. The van der Waals surface area contributed by atoms with E-state index in [9.17, 15) is 9.90 Å². The van der Waals surface area contributed by atoms with Crippen molar-refractivity contribution < 1.29 is 28.8 Å². The molecule has 1 heterocycles. The number of hydrogen-bond donors (Lipinski definition) is 1. The molecule has 0 aromatic heterocycles. The third-order valence-corrected chi connectivity index (χ3v) is 4.93. The van der Waals surface area contributed by atoms with Gasteiger partial charge >= 0.3 is 5.97 Å². The summed E-state index contributed by atoms with van der Waals surface area (Å²) >= 11 is 2.07. The Hall–Kier alpha value is -2.68. The van der Waals surface area contributed by atoms with E-state index in [1.54, 1.807) is 49.6 Å². The van der Waals surface area contributed by atoms with Gasteiger partial charge in [0.1, 0.15) is 11.3 Å². The minimum Gasteiger partial charge on any atom is -0.504 e. The third kappa shape index (κ3) is 3.73. The lowest BCUT2D eigenvalue weighted by Crippen LogP contribution is -2.02. The SMILES string of the molecule is COc1ccc(/C=C2\OC(=O)C(c3cc(OC)c(OC)cc3I)=C2O)cc1. The molecule has 3 rings (SSSR count). The molecule has 6 nitrogen and oxygen atoms in total. The van der Waals surface area contributed by atoms with Gasteiger partial charge in [-0.25, -0.2) is 4.79 Å². The molecule has 0 amide bonds. The molecule has 0 saturated heterocycles. The van der Waals surface area contributed by atoms with Gasteiger partial charge in [0.2, 0.25) is 0 Å². The summed E-state index contributed by atoms with van der Waals surface area (Å²) < 4.78 is 21.7. The first kappa shape index (κ1) is 19.1. The lowest BCUT2D eigenvalue weighted by atomic mass is 10.0. The van der Waals surface area contributed by atoms with Crippen LogP contribution in [0.2, 0.25) is 0 Å². The quantitative estimate of drug-likeness (QED) is 0.512. The summed E-state index contributed by atoms with van der Waals surface area (Å²) in [5, 5.41) is 10.6. The third-order valence-electron chi connectivity index (χ3n) is 4.03. The Morgan fingerprint density at radius 3 is 2.22 bits per heavy atom. The number of esters is 1. The molecule has 1 N–H and O–H groups in total. The van der Waals surface area contributed by atoms with Gasteiger partial charge in [-0.3, -0.25) is 0 Å². The minimum atomic E-state index is -0.627. The van der Waals surface area contributed by atoms with Gasteiger partial charge in [-0.05, 0) is 58.5 Å². The number of halogens is 1. The highest BCUT2D eigenvalue weighted by Crippen LogP contribution is 2.39. The molecular weight excluding hydrogens is 463 g/mol. The summed E-state index contributed by atoms with van der Waals surface area (Å²) in [6.45, 7) is 0. The number of aliphatic hydroxyl groups is 1. The molecule has 0 bridgehead atoms. The van der Waals surface area contributed by atoms with E-state index < -0.39 is 5.97 Å². The van der Waals surface area contributed by atoms with E-state index in [4.69, 9.17) is 18.9 Å². The van der Waals surface area contributed by atoms with Crippen molar-refractivity contribution in [3.8, 4) is 17.2 Å². The van der Waals surface area contributed by atoms with Gasteiger partial charge in [0.05, 0.1) is 21.3 Å². The molecule has 2 aromatic carbocycles. The molecule has 2 aromatic rings. The fourth-order valence-electron chi connectivity index (χ4n) is 2.65. The van der Waals surface area contributed by atoms with Crippen molar-refractivity contribution in [2.24, 2.45) is 0 Å². The number of hydrogen-bond acceptors (Lipinski definition) is 6. The second-order valence-electron chi connectivity index (χ2n) is 5.58. The standard InChI is InChI=1S/C20H17IO6/c1-24-12-6-4-11(5-7-12)8-17-19(22)18(20(23)27-17)13-9-15(25-2)16(26-3)10-14(13)21/h4-10,22H,1-3H3/b17-8-. The van der Waals surface area contributed by atoms with Gasteiger partial charge in [-0.1, -0.05) is 12.1 Å². The lowest BCUT2D eigenvalue weighted by Gasteiger charge is -2.11. The van der Waals surface area contributed by atoms with E-state index in [-0.39, 0.29) is 17.1 Å². The fourth-order valence-corrected chi connectivity index (χ4v) is 3.36. The van der Waals surface area contributed by atoms with Crippen LogP contribution in [0.25, 0.3) is 11.6 Å². The minimum absolute atomic E-state index is 0.0834. The van der Waals surface area contributed by atoms with E-state index in [1.807, 2.05) is 0 Å². The van der Waals surface area contributed by atoms with E-state index >= 15 is 0 Å². The first-order valence-electron chi connectivity index (χ1n) is 7.92. The molecule has 1 aliphatic heterocycles. The van der Waals surface area contributed by atoms with Crippen LogP contribution in [0.3, 0.4) is 0 Å².